The Kier molecular flexibility index (Phi) is 8.01. The second kappa shape index (κ2) is 10.7. The third-order valence-corrected chi connectivity index (χ3v) is 7.20. The first-order chi connectivity index (χ1) is 15.7. The van der Waals surface area contributed by atoms with Crippen molar-refractivity contribution in [1.82, 2.24) is 4.72 Å². The highest BCUT2D eigenvalue weighted by molar-refractivity contribution is 7.89. The second-order valence-corrected chi connectivity index (χ2v) is 10.5. The molecule has 1 aromatic heterocycles. The number of rotatable bonds is 9. The first kappa shape index (κ1) is 24.6. The molecule has 7 nitrogen and oxygen atoms in total. The molecule has 0 fully saturated rings. The first-order valence-corrected chi connectivity index (χ1v) is 12.7. The highest BCUT2D eigenvalue weighted by atomic mass is 32.2. The van der Waals surface area contributed by atoms with E-state index in [4.69, 9.17) is 4.74 Å². The van der Waals surface area contributed by atoms with Crippen molar-refractivity contribution in [2.45, 2.75) is 38.1 Å². The molecule has 0 bridgehead atoms. The molecule has 0 aliphatic heterocycles. The van der Waals surface area contributed by atoms with Gasteiger partial charge in [-0.25, -0.2) is 17.9 Å². The van der Waals surface area contributed by atoms with Crippen molar-refractivity contribution in [2.75, 3.05) is 11.9 Å². The van der Waals surface area contributed by atoms with Gasteiger partial charge >= 0.3 is 5.97 Å². The molecule has 0 unspecified atom stereocenters. The van der Waals surface area contributed by atoms with E-state index in [0.29, 0.717) is 5.69 Å². The molecule has 1 heterocycles. The molecule has 3 aromatic rings. The fraction of sp³-hybridized carbons (Fsp3) is 0.250. The van der Waals surface area contributed by atoms with Crippen LogP contribution in [0.1, 0.15) is 46.1 Å². The zero-order valence-electron chi connectivity index (χ0n) is 18.6. The molecule has 2 aromatic carbocycles. The quantitative estimate of drug-likeness (QED) is 0.435. The number of para-hydroxylation sites is 1. The number of carbonyl (C=O) groups is 2. The van der Waals surface area contributed by atoms with Crippen LogP contribution in [0.5, 0.6) is 0 Å². The fourth-order valence-electron chi connectivity index (χ4n) is 3.19. The lowest BCUT2D eigenvalue weighted by molar-refractivity contribution is -0.119. The summed E-state index contributed by atoms with van der Waals surface area (Å²) in [5.41, 5.74) is 2.65. The second-order valence-electron chi connectivity index (χ2n) is 7.75. The maximum atomic E-state index is 12.6. The number of hydrogen-bond acceptors (Lipinski definition) is 6. The smallest absolute Gasteiger partial charge is 0.338 e. The van der Waals surface area contributed by atoms with Gasteiger partial charge in [-0.2, -0.15) is 0 Å². The lowest BCUT2D eigenvalue weighted by atomic mass is 9.98. The van der Waals surface area contributed by atoms with E-state index in [1.54, 1.807) is 0 Å². The molecule has 1 amide bonds. The molecule has 2 N–H and O–H groups in total. The van der Waals surface area contributed by atoms with Crippen LogP contribution in [0.15, 0.2) is 64.9 Å². The van der Waals surface area contributed by atoms with Gasteiger partial charge in [-0.15, -0.1) is 11.3 Å². The van der Waals surface area contributed by atoms with Crippen molar-refractivity contribution in [3.05, 3.63) is 81.5 Å². The van der Waals surface area contributed by atoms with E-state index in [1.165, 1.54) is 35.6 Å². The Balaban J connectivity index is 1.63. The third kappa shape index (κ3) is 6.50. The number of thiophene rings is 1. The van der Waals surface area contributed by atoms with Gasteiger partial charge in [-0.3, -0.25) is 4.79 Å². The highest BCUT2D eigenvalue weighted by Crippen LogP contribution is 2.27. The average molecular weight is 487 g/mol. The van der Waals surface area contributed by atoms with Crippen molar-refractivity contribution in [3.8, 4) is 0 Å². The molecule has 0 atom stereocenters. The summed E-state index contributed by atoms with van der Waals surface area (Å²) in [5.74, 6) is -1.05. The Labute approximate surface area is 197 Å². The van der Waals surface area contributed by atoms with Gasteiger partial charge in [0, 0.05) is 17.1 Å². The van der Waals surface area contributed by atoms with Gasteiger partial charge < -0.3 is 10.1 Å². The summed E-state index contributed by atoms with van der Waals surface area (Å²) < 4.78 is 32.8. The number of hydrogen-bond donors (Lipinski definition) is 2. The Morgan fingerprint density at radius 3 is 2.52 bits per heavy atom. The summed E-state index contributed by atoms with van der Waals surface area (Å²) in [6.07, 6.45) is 0. The van der Waals surface area contributed by atoms with Crippen LogP contribution in [0.3, 0.4) is 0 Å². The topological polar surface area (TPSA) is 102 Å². The molecular weight excluding hydrogens is 460 g/mol. The van der Waals surface area contributed by atoms with Crippen LogP contribution < -0.4 is 10.0 Å². The van der Waals surface area contributed by atoms with E-state index in [-0.39, 0.29) is 22.9 Å². The Morgan fingerprint density at radius 2 is 1.82 bits per heavy atom. The molecular formula is C24H26N2O5S2. The van der Waals surface area contributed by atoms with Crippen LogP contribution in [0.2, 0.25) is 0 Å². The van der Waals surface area contributed by atoms with Gasteiger partial charge in [0.25, 0.3) is 5.91 Å². The van der Waals surface area contributed by atoms with Gasteiger partial charge in [0.15, 0.2) is 6.61 Å². The van der Waals surface area contributed by atoms with Crippen molar-refractivity contribution in [1.29, 1.82) is 0 Å². The van der Waals surface area contributed by atoms with Crippen LogP contribution in [-0.4, -0.2) is 26.9 Å². The number of carbonyl (C=O) groups excluding carboxylic acids is 2. The van der Waals surface area contributed by atoms with Gasteiger partial charge in [0.1, 0.15) is 0 Å². The van der Waals surface area contributed by atoms with Crippen molar-refractivity contribution in [2.24, 2.45) is 0 Å². The summed E-state index contributed by atoms with van der Waals surface area (Å²) in [4.78, 5) is 25.7. The van der Waals surface area contributed by atoms with E-state index < -0.39 is 28.5 Å². The Bertz CT molecular complexity index is 1240. The number of amides is 1. The third-order valence-electron chi connectivity index (χ3n) is 4.92. The van der Waals surface area contributed by atoms with Gasteiger partial charge in [0.2, 0.25) is 10.0 Å². The van der Waals surface area contributed by atoms with Gasteiger partial charge in [-0.05, 0) is 53.6 Å². The monoisotopic (exact) mass is 486 g/mol. The average Bonchev–Trinajstić information content (AvgIpc) is 3.31. The van der Waals surface area contributed by atoms with E-state index in [0.717, 1.165) is 16.0 Å². The molecule has 0 aliphatic rings. The van der Waals surface area contributed by atoms with Gasteiger partial charge in [0.05, 0.1) is 10.5 Å². The zero-order valence-corrected chi connectivity index (χ0v) is 20.3. The normalized spacial score (nSPS) is 11.4. The number of ether oxygens (including phenoxy) is 1. The lowest BCUT2D eigenvalue weighted by Gasteiger charge is -2.16. The van der Waals surface area contributed by atoms with E-state index in [2.05, 4.69) is 10.0 Å². The number of nitrogens with one attached hydrogen (secondary N) is 2. The zero-order chi connectivity index (χ0) is 24.0. The minimum atomic E-state index is -3.81. The van der Waals surface area contributed by atoms with Crippen LogP contribution in [0.4, 0.5) is 5.69 Å². The lowest BCUT2D eigenvalue weighted by Crippen LogP contribution is -2.24. The number of esters is 1. The molecule has 174 valence electrons. The summed E-state index contributed by atoms with van der Waals surface area (Å²) in [7, 11) is -3.81. The summed E-state index contributed by atoms with van der Waals surface area (Å²) >= 11 is 1.44. The summed E-state index contributed by atoms with van der Waals surface area (Å²) in [5, 5.41) is 4.67. The van der Waals surface area contributed by atoms with Crippen LogP contribution in [-0.2, 0) is 26.1 Å². The first-order valence-electron chi connectivity index (χ1n) is 10.4. The minimum absolute atomic E-state index is 0.0422. The fourth-order valence-corrected chi connectivity index (χ4v) is 4.97. The molecule has 9 heteroatoms. The summed E-state index contributed by atoms with van der Waals surface area (Å²) in [6.45, 7) is 5.62. The molecule has 0 radical (unpaired) electrons. The number of aryl methyl sites for hydroxylation is 1. The SMILES string of the molecule is Cc1cccc(C(C)C)c1NC(=O)COC(=O)c1cccc(S(=O)(=O)NCc2cccs2)c1. The Hall–Kier alpha value is -3.01. The molecule has 3 rings (SSSR count). The Morgan fingerprint density at radius 1 is 1.06 bits per heavy atom. The molecule has 0 aliphatic carbocycles. The van der Waals surface area contributed by atoms with Crippen molar-refractivity contribution >= 4 is 38.9 Å². The van der Waals surface area contributed by atoms with Crippen molar-refractivity contribution < 1.29 is 22.7 Å². The maximum Gasteiger partial charge on any atom is 0.338 e. The standard InChI is InChI=1S/C24H26N2O5S2/c1-16(2)21-11-4-7-17(3)23(21)26-22(27)15-31-24(28)18-8-5-10-20(13-18)33(29,30)25-14-19-9-6-12-32-19/h4-13,16,25H,14-15H2,1-3H3,(H,26,27). The molecule has 0 spiro atoms. The largest absolute Gasteiger partial charge is 0.452 e. The van der Waals surface area contributed by atoms with E-state index >= 15 is 0 Å². The highest BCUT2D eigenvalue weighted by Gasteiger charge is 2.18. The number of sulfonamides is 1. The molecule has 0 saturated heterocycles. The van der Waals surface area contributed by atoms with Crippen LogP contribution in [0.25, 0.3) is 0 Å². The predicted molar refractivity (Wildman–Crippen MR) is 129 cm³/mol. The van der Waals surface area contributed by atoms with Crippen LogP contribution in [0, 0.1) is 6.92 Å². The summed E-state index contributed by atoms with van der Waals surface area (Å²) in [6, 6.07) is 15.0. The van der Waals surface area contributed by atoms with Crippen LogP contribution >= 0.6 is 11.3 Å². The molecule has 0 saturated carbocycles. The minimum Gasteiger partial charge on any atom is -0.452 e. The number of anilines is 1. The van der Waals surface area contributed by atoms with Crippen molar-refractivity contribution in [3.63, 3.8) is 0 Å². The van der Waals surface area contributed by atoms with E-state index in [1.807, 2.05) is 56.5 Å². The van der Waals surface area contributed by atoms with E-state index in [9.17, 15) is 18.0 Å². The predicted octanol–water partition coefficient (Wildman–Crippen LogP) is 4.45. The molecule has 33 heavy (non-hydrogen) atoms. The number of benzene rings is 2. The maximum absolute atomic E-state index is 12.6. The van der Waals surface area contributed by atoms with Gasteiger partial charge in [-0.1, -0.05) is 44.2 Å².